The second-order valence-electron chi connectivity index (χ2n) is 5.80. The maximum atomic E-state index is 5.23. The van der Waals surface area contributed by atoms with Crippen molar-refractivity contribution < 1.29 is 4.74 Å². The van der Waals surface area contributed by atoms with Gasteiger partial charge >= 0.3 is 0 Å². The first-order valence-corrected chi connectivity index (χ1v) is 8.29. The molecule has 21 heavy (non-hydrogen) atoms. The van der Waals surface area contributed by atoms with Gasteiger partial charge in [-0.3, -0.25) is 0 Å². The Morgan fingerprint density at radius 1 is 1.38 bits per heavy atom. The Labute approximate surface area is 128 Å². The monoisotopic (exact) mass is 294 g/mol. The van der Waals surface area contributed by atoms with Crippen molar-refractivity contribution in [2.24, 2.45) is 5.92 Å². The molecule has 0 spiro atoms. The normalized spacial score (nSPS) is 16.3. The van der Waals surface area contributed by atoms with Gasteiger partial charge in [-0.25, -0.2) is 4.98 Å². The lowest BCUT2D eigenvalue weighted by molar-refractivity contribution is 0.187. The van der Waals surface area contributed by atoms with Crippen LogP contribution in [0.3, 0.4) is 0 Å². The quantitative estimate of drug-likeness (QED) is 0.795. The standard InChI is InChI=1S/C16H30N4O/c1-4-15-13-20(10-11-21-3)16(18-15)19(5-2)12-14-6-8-17-9-7-14/h13-14,17H,4-12H2,1-3H3. The van der Waals surface area contributed by atoms with Gasteiger partial charge in [0.2, 0.25) is 5.95 Å². The van der Waals surface area contributed by atoms with E-state index >= 15 is 0 Å². The smallest absolute Gasteiger partial charge is 0.205 e. The van der Waals surface area contributed by atoms with Gasteiger partial charge in [0, 0.05) is 32.9 Å². The van der Waals surface area contributed by atoms with Crippen LogP contribution in [0.5, 0.6) is 0 Å². The molecule has 2 rings (SSSR count). The lowest BCUT2D eigenvalue weighted by atomic mass is 9.98. The number of anilines is 1. The Morgan fingerprint density at radius 3 is 2.76 bits per heavy atom. The summed E-state index contributed by atoms with van der Waals surface area (Å²) < 4.78 is 7.49. The second kappa shape index (κ2) is 8.39. The minimum absolute atomic E-state index is 0.734. The van der Waals surface area contributed by atoms with E-state index in [2.05, 4.69) is 34.8 Å². The van der Waals surface area contributed by atoms with E-state index < -0.39 is 0 Å². The number of piperidine rings is 1. The van der Waals surface area contributed by atoms with Crippen molar-refractivity contribution in [3.8, 4) is 0 Å². The summed E-state index contributed by atoms with van der Waals surface area (Å²) in [5, 5.41) is 3.44. The van der Waals surface area contributed by atoms with Crippen molar-refractivity contribution in [1.82, 2.24) is 14.9 Å². The zero-order chi connectivity index (χ0) is 15.1. The number of methoxy groups -OCH3 is 1. The maximum Gasteiger partial charge on any atom is 0.205 e. The molecule has 0 unspecified atom stereocenters. The molecule has 1 aliphatic rings. The van der Waals surface area contributed by atoms with Crippen molar-refractivity contribution in [3.05, 3.63) is 11.9 Å². The number of nitrogens with zero attached hydrogens (tertiary/aromatic N) is 3. The summed E-state index contributed by atoms with van der Waals surface area (Å²) in [6.07, 6.45) is 5.71. The number of nitrogens with one attached hydrogen (secondary N) is 1. The van der Waals surface area contributed by atoms with E-state index in [0.717, 1.165) is 57.6 Å². The maximum absolute atomic E-state index is 5.23. The van der Waals surface area contributed by atoms with E-state index in [-0.39, 0.29) is 0 Å². The predicted molar refractivity (Wildman–Crippen MR) is 87.0 cm³/mol. The highest BCUT2D eigenvalue weighted by Crippen LogP contribution is 2.20. The highest BCUT2D eigenvalue weighted by atomic mass is 16.5. The highest BCUT2D eigenvalue weighted by molar-refractivity contribution is 5.33. The topological polar surface area (TPSA) is 42.3 Å². The summed E-state index contributed by atoms with van der Waals surface area (Å²) >= 11 is 0. The van der Waals surface area contributed by atoms with Gasteiger partial charge in [-0.05, 0) is 45.2 Å². The Bertz CT molecular complexity index is 412. The Morgan fingerprint density at radius 2 is 2.14 bits per heavy atom. The summed E-state index contributed by atoms with van der Waals surface area (Å²) in [6.45, 7) is 10.4. The molecule has 1 saturated heterocycles. The van der Waals surface area contributed by atoms with Crippen LogP contribution in [0, 0.1) is 5.92 Å². The van der Waals surface area contributed by atoms with E-state index in [9.17, 15) is 0 Å². The molecule has 0 saturated carbocycles. The van der Waals surface area contributed by atoms with Gasteiger partial charge < -0.3 is 19.5 Å². The van der Waals surface area contributed by atoms with Crippen LogP contribution >= 0.6 is 0 Å². The van der Waals surface area contributed by atoms with E-state index in [4.69, 9.17) is 9.72 Å². The summed E-state index contributed by atoms with van der Waals surface area (Å²) in [5.74, 6) is 1.90. The molecule has 5 heteroatoms. The summed E-state index contributed by atoms with van der Waals surface area (Å²) in [7, 11) is 1.75. The average Bonchev–Trinajstić information content (AvgIpc) is 2.94. The molecular formula is C16H30N4O. The SMILES string of the molecule is CCc1cn(CCOC)c(N(CC)CC2CCNCC2)n1. The molecule has 1 aliphatic heterocycles. The molecule has 0 aliphatic carbocycles. The number of hydrogen-bond donors (Lipinski definition) is 1. The third-order valence-electron chi connectivity index (χ3n) is 4.31. The van der Waals surface area contributed by atoms with Gasteiger partial charge in [-0.1, -0.05) is 6.92 Å². The number of imidazole rings is 1. The minimum Gasteiger partial charge on any atom is -0.383 e. The Balaban J connectivity index is 2.09. The Kier molecular flexibility index (Phi) is 6.51. The van der Waals surface area contributed by atoms with Crippen LogP contribution in [0.25, 0.3) is 0 Å². The molecule has 0 atom stereocenters. The summed E-state index contributed by atoms with van der Waals surface area (Å²) in [4.78, 5) is 7.27. The van der Waals surface area contributed by atoms with Crippen LogP contribution in [-0.2, 0) is 17.7 Å². The van der Waals surface area contributed by atoms with Crippen LogP contribution in [0.4, 0.5) is 5.95 Å². The average molecular weight is 294 g/mol. The fourth-order valence-electron chi connectivity index (χ4n) is 2.96. The Hall–Kier alpha value is -1.07. The number of rotatable bonds is 8. The van der Waals surface area contributed by atoms with Gasteiger partial charge in [0.15, 0.2) is 0 Å². The number of hydrogen-bond acceptors (Lipinski definition) is 4. The molecule has 0 amide bonds. The van der Waals surface area contributed by atoms with Crippen LogP contribution < -0.4 is 10.2 Å². The molecule has 0 bridgehead atoms. The van der Waals surface area contributed by atoms with E-state index in [1.54, 1.807) is 7.11 Å². The zero-order valence-corrected chi connectivity index (χ0v) is 13.8. The summed E-state index contributed by atoms with van der Waals surface area (Å²) in [5.41, 5.74) is 1.17. The highest BCUT2D eigenvalue weighted by Gasteiger charge is 2.20. The molecule has 1 fully saturated rings. The van der Waals surface area contributed by atoms with Crippen molar-refractivity contribution in [1.29, 1.82) is 0 Å². The number of aryl methyl sites for hydroxylation is 1. The van der Waals surface area contributed by atoms with Crippen LogP contribution in [-0.4, -0.2) is 49.4 Å². The molecule has 2 heterocycles. The van der Waals surface area contributed by atoms with Crippen LogP contribution in [0.2, 0.25) is 0 Å². The fraction of sp³-hybridized carbons (Fsp3) is 0.812. The molecule has 1 aromatic heterocycles. The molecular weight excluding hydrogens is 264 g/mol. The van der Waals surface area contributed by atoms with Crippen LogP contribution in [0.15, 0.2) is 6.20 Å². The zero-order valence-electron chi connectivity index (χ0n) is 13.8. The second-order valence-corrected chi connectivity index (χ2v) is 5.80. The first-order chi connectivity index (χ1) is 10.3. The molecule has 0 radical (unpaired) electrons. The van der Waals surface area contributed by atoms with Gasteiger partial charge in [0.1, 0.15) is 0 Å². The number of aromatic nitrogens is 2. The largest absolute Gasteiger partial charge is 0.383 e. The first kappa shape index (κ1) is 16.3. The van der Waals surface area contributed by atoms with Crippen molar-refractivity contribution >= 4 is 5.95 Å². The van der Waals surface area contributed by atoms with Gasteiger partial charge in [0.25, 0.3) is 0 Å². The van der Waals surface area contributed by atoms with E-state index in [0.29, 0.717) is 0 Å². The third-order valence-corrected chi connectivity index (χ3v) is 4.31. The van der Waals surface area contributed by atoms with Gasteiger partial charge in [-0.2, -0.15) is 0 Å². The van der Waals surface area contributed by atoms with Crippen molar-refractivity contribution in [2.45, 2.75) is 39.7 Å². The molecule has 1 N–H and O–H groups in total. The van der Waals surface area contributed by atoms with Crippen molar-refractivity contribution in [2.75, 3.05) is 44.8 Å². The van der Waals surface area contributed by atoms with Crippen molar-refractivity contribution in [3.63, 3.8) is 0 Å². The summed E-state index contributed by atoms with van der Waals surface area (Å²) in [6, 6.07) is 0. The third kappa shape index (κ3) is 4.45. The molecule has 1 aromatic rings. The fourth-order valence-corrected chi connectivity index (χ4v) is 2.96. The van der Waals surface area contributed by atoms with E-state index in [1.165, 1.54) is 18.5 Å². The lowest BCUT2D eigenvalue weighted by Gasteiger charge is -2.30. The molecule has 5 nitrogen and oxygen atoms in total. The predicted octanol–water partition coefficient (Wildman–Crippen LogP) is 1.92. The van der Waals surface area contributed by atoms with Gasteiger partial charge in [0.05, 0.1) is 12.3 Å². The number of ether oxygens (including phenoxy) is 1. The molecule has 120 valence electrons. The van der Waals surface area contributed by atoms with Gasteiger partial charge in [-0.15, -0.1) is 0 Å². The molecule has 0 aromatic carbocycles. The lowest BCUT2D eigenvalue weighted by Crippen LogP contribution is -2.37. The van der Waals surface area contributed by atoms with Crippen LogP contribution in [0.1, 0.15) is 32.4 Å². The first-order valence-electron chi connectivity index (χ1n) is 8.29. The minimum atomic E-state index is 0.734. The van der Waals surface area contributed by atoms with E-state index in [1.807, 2.05) is 0 Å².